The van der Waals surface area contributed by atoms with Gasteiger partial charge in [-0.25, -0.2) is 13.8 Å². The van der Waals surface area contributed by atoms with E-state index < -0.39 is 33.0 Å². The Bertz CT molecular complexity index is 449. The smallest absolute Gasteiger partial charge is 0.249 e. The molecule has 0 spiro atoms. The molecule has 0 fully saturated rings. The SMILES string of the molecule is N#Cc1cnc(C(F)(F)F)c(I)c1C(F)F. The minimum atomic E-state index is -4.81. The largest absolute Gasteiger partial charge is 0.434 e. The van der Waals surface area contributed by atoms with Gasteiger partial charge in [-0.15, -0.1) is 0 Å². The Hall–Kier alpha value is -0.980. The lowest BCUT2D eigenvalue weighted by Crippen LogP contribution is -2.13. The Labute approximate surface area is 100 Å². The van der Waals surface area contributed by atoms with Crippen LogP contribution in [0.5, 0.6) is 0 Å². The van der Waals surface area contributed by atoms with E-state index in [9.17, 15) is 22.0 Å². The Morgan fingerprint density at radius 3 is 2.31 bits per heavy atom. The van der Waals surface area contributed by atoms with Gasteiger partial charge in [0.2, 0.25) is 0 Å². The third-order valence-corrected chi connectivity index (χ3v) is 2.76. The van der Waals surface area contributed by atoms with Gasteiger partial charge in [0.15, 0.2) is 5.69 Å². The molecule has 0 amide bonds. The summed E-state index contributed by atoms with van der Waals surface area (Å²) in [5.74, 6) is 0. The minimum absolute atomic E-state index is 0.506. The van der Waals surface area contributed by atoms with Crippen LogP contribution in [0, 0.1) is 14.9 Å². The Morgan fingerprint density at radius 2 is 1.94 bits per heavy atom. The second-order valence-corrected chi connectivity index (χ2v) is 3.74. The van der Waals surface area contributed by atoms with Crippen LogP contribution in [0.1, 0.15) is 23.2 Å². The van der Waals surface area contributed by atoms with E-state index in [0.717, 1.165) is 22.6 Å². The van der Waals surface area contributed by atoms with Crippen molar-refractivity contribution in [2.75, 3.05) is 0 Å². The van der Waals surface area contributed by atoms with Gasteiger partial charge in [0, 0.05) is 6.20 Å². The fraction of sp³-hybridized carbons (Fsp3) is 0.250. The maximum Gasteiger partial charge on any atom is 0.434 e. The Balaban J connectivity index is 3.52. The van der Waals surface area contributed by atoms with Crippen molar-refractivity contribution in [3.8, 4) is 6.07 Å². The van der Waals surface area contributed by atoms with Crippen molar-refractivity contribution in [2.45, 2.75) is 12.6 Å². The molecule has 0 aliphatic rings. The first-order valence-corrected chi connectivity index (χ1v) is 4.80. The highest BCUT2D eigenvalue weighted by molar-refractivity contribution is 14.1. The molecule has 0 aromatic carbocycles. The van der Waals surface area contributed by atoms with E-state index in [2.05, 4.69) is 4.98 Å². The van der Waals surface area contributed by atoms with Gasteiger partial charge in [-0.3, -0.25) is 0 Å². The monoisotopic (exact) mass is 348 g/mol. The zero-order valence-electron chi connectivity index (χ0n) is 7.32. The summed E-state index contributed by atoms with van der Waals surface area (Å²) in [6.45, 7) is 0. The molecule has 0 atom stereocenters. The van der Waals surface area contributed by atoms with Crippen molar-refractivity contribution < 1.29 is 22.0 Å². The molecule has 0 radical (unpaired) electrons. The van der Waals surface area contributed by atoms with E-state index in [1.54, 1.807) is 0 Å². The lowest BCUT2D eigenvalue weighted by molar-refractivity contribution is -0.142. The average molecular weight is 348 g/mol. The normalized spacial score (nSPS) is 11.6. The van der Waals surface area contributed by atoms with Gasteiger partial charge in [-0.1, -0.05) is 0 Å². The fourth-order valence-corrected chi connectivity index (χ4v) is 1.97. The number of alkyl halides is 5. The van der Waals surface area contributed by atoms with Crippen molar-refractivity contribution in [1.29, 1.82) is 5.26 Å². The van der Waals surface area contributed by atoms with Gasteiger partial charge in [0.05, 0.1) is 14.7 Å². The van der Waals surface area contributed by atoms with E-state index in [1.165, 1.54) is 6.07 Å². The van der Waals surface area contributed by atoms with E-state index in [4.69, 9.17) is 5.26 Å². The lowest BCUT2D eigenvalue weighted by atomic mass is 10.1. The van der Waals surface area contributed by atoms with Crippen LogP contribution in [0.2, 0.25) is 0 Å². The Kier molecular flexibility index (Phi) is 3.67. The second-order valence-electron chi connectivity index (χ2n) is 2.66. The topological polar surface area (TPSA) is 36.7 Å². The number of rotatable bonds is 1. The third-order valence-electron chi connectivity index (χ3n) is 1.66. The molecular weight excluding hydrogens is 346 g/mol. The molecule has 1 rings (SSSR count). The molecule has 16 heavy (non-hydrogen) atoms. The first kappa shape index (κ1) is 13.1. The van der Waals surface area contributed by atoms with Crippen LogP contribution in [-0.4, -0.2) is 4.98 Å². The van der Waals surface area contributed by atoms with Gasteiger partial charge in [0.25, 0.3) is 6.43 Å². The predicted molar refractivity (Wildman–Crippen MR) is 51.6 cm³/mol. The third kappa shape index (κ3) is 2.40. The number of hydrogen-bond donors (Lipinski definition) is 0. The van der Waals surface area contributed by atoms with Crippen molar-refractivity contribution in [2.24, 2.45) is 0 Å². The quantitative estimate of drug-likeness (QED) is 0.575. The molecule has 0 saturated carbocycles. The van der Waals surface area contributed by atoms with Crippen LogP contribution in [0.4, 0.5) is 22.0 Å². The molecule has 0 saturated heterocycles. The van der Waals surface area contributed by atoms with Crippen LogP contribution in [-0.2, 0) is 6.18 Å². The van der Waals surface area contributed by atoms with Crippen molar-refractivity contribution in [3.63, 3.8) is 0 Å². The molecule has 1 aromatic heterocycles. The highest BCUT2D eigenvalue weighted by Gasteiger charge is 2.37. The number of pyridine rings is 1. The molecule has 0 N–H and O–H groups in total. The van der Waals surface area contributed by atoms with Crippen LogP contribution < -0.4 is 0 Å². The number of nitrogens with zero attached hydrogens (tertiary/aromatic N) is 2. The standard InChI is InChI=1S/C8H2F5IN2/c9-7(10)4-3(1-15)2-16-6(5(4)14)8(11,12)13/h2,7H. The number of nitriles is 1. The molecule has 2 nitrogen and oxygen atoms in total. The van der Waals surface area contributed by atoms with Gasteiger partial charge in [0.1, 0.15) is 6.07 Å². The summed E-state index contributed by atoms with van der Waals surface area (Å²) < 4.78 is 61.2. The van der Waals surface area contributed by atoms with Crippen molar-refractivity contribution in [1.82, 2.24) is 4.98 Å². The molecule has 0 bridgehead atoms. The number of halogens is 6. The van der Waals surface area contributed by atoms with Gasteiger partial charge < -0.3 is 0 Å². The summed E-state index contributed by atoms with van der Waals surface area (Å²) >= 11 is 1.12. The van der Waals surface area contributed by atoms with E-state index in [0.29, 0.717) is 6.20 Å². The minimum Gasteiger partial charge on any atom is -0.249 e. The van der Waals surface area contributed by atoms with Gasteiger partial charge >= 0.3 is 6.18 Å². The summed E-state index contributed by atoms with van der Waals surface area (Å²) in [5, 5.41) is 8.48. The lowest BCUT2D eigenvalue weighted by Gasteiger charge is -2.12. The fourth-order valence-electron chi connectivity index (χ4n) is 1.00. The molecule has 0 aliphatic carbocycles. The molecule has 86 valence electrons. The highest BCUT2D eigenvalue weighted by atomic mass is 127. The molecule has 0 aliphatic heterocycles. The van der Waals surface area contributed by atoms with Crippen molar-refractivity contribution >= 4 is 22.6 Å². The maximum absolute atomic E-state index is 12.5. The van der Waals surface area contributed by atoms with Gasteiger partial charge in [-0.05, 0) is 22.6 Å². The van der Waals surface area contributed by atoms with E-state index >= 15 is 0 Å². The summed E-state index contributed by atoms with van der Waals surface area (Å²) in [6, 6.07) is 1.38. The number of aromatic nitrogens is 1. The van der Waals surface area contributed by atoms with E-state index in [-0.39, 0.29) is 0 Å². The van der Waals surface area contributed by atoms with E-state index in [1.807, 2.05) is 0 Å². The number of hydrogen-bond acceptors (Lipinski definition) is 2. The molecule has 8 heteroatoms. The van der Waals surface area contributed by atoms with Crippen molar-refractivity contribution in [3.05, 3.63) is 26.6 Å². The second kappa shape index (κ2) is 4.48. The zero-order valence-corrected chi connectivity index (χ0v) is 9.47. The van der Waals surface area contributed by atoms with Crippen LogP contribution >= 0.6 is 22.6 Å². The first-order chi connectivity index (χ1) is 7.29. The molecule has 1 heterocycles. The van der Waals surface area contributed by atoms with Gasteiger partial charge in [-0.2, -0.15) is 18.4 Å². The summed E-state index contributed by atoms with van der Waals surface area (Å²) in [6.07, 6.45) is -7.45. The molecule has 0 unspecified atom stereocenters. The predicted octanol–water partition coefficient (Wildman–Crippen LogP) is 3.51. The highest BCUT2D eigenvalue weighted by Crippen LogP contribution is 2.36. The molecule has 1 aromatic rings. The average Bonchev–Trinajstić information content (AvgIpc) is 2.14. The Morgan fingerprint density at radius 1 is 1.38 bits per heavy atom. The maximum atomic E-state index is 12.5. The summed E-state index contributed by atoms with van der Waals surface area (Å²) in [4.78, 5) is 2.98. The first-order valence-electron chi connectivity index (χ1n) is 3.73. The zero-order chi connectivity index (χ0) is 12.5. The molecular formula is C8H2F5IN2. The van der Waals surface area contributed by atoms with Crippen LogP contribution in [0.15, 0.2) is 6.20 Å². The summed E-state index contributed by atoms with van der Waals surface area (Å²) in [7, 11) is 0. The van der Waals surface area contributed by atoms with Crippen LogP contribution in [0.3, 0.4) is 0 Å². The van der Waals surface area contributed by atoms with Crippen LogP contribution in [0.25, 0.3) is 0 Å². The summed E-state index contributed by atoms with van der Waals surface area (Å²) in [5.41, 5.74) is -2.87.